The first-order valence-electron chi connectivity index (χ1n) is 20.5. The third-order valence-electron chi connectivity index (χ3n) is 10.3. The zero-order valence-corrected chi connectivity index (χ0v) is 37.4. The van der Waals surface area contributed by atoms with Crippen LogP contribution in [0.25, 0.3) is 11.2 Å². The minimum Gasteiger partial charge on any atom is -0.497 e. The van der Waals surface area contributed by atoms with Crippen LogP contribution in [0.2, 0.25) is 0 Å². The molecular formula is C45H56N7O9P. The summed E-state index contributed by atoms with van der Waals surface area (Å²) < 4.78 is 55.4. The Hall–Kier alpha value is -5.08. The Balaban J connectivity index is 1.51. The highest BCUT2D eigenvalue weighted by Gasteiger charge is 2.52. The van der Waals surface area contributed by atoms with Gasteiger partial charge in [0.2, 0.25) is 5.91 Å². The monoisotopic (exact) mass is 869 g/mol. The van der Waals surface area contributed by atoms with Crippen LogP contribution in [0.1, 0.15) is 64.0 Å². The summed E-state index contributed by atoms with van der Waals surface area (Å²) >= 11 is 0. The SMILES string of the molecule is COCCOC1[C@@H](OP(OCCC#N)N(C(C)C)C(C)C)[C@@H](COC(c2ccccc2)(c2ccc(OC)cc2)c2ccc(OC)cc2)O[C@H]1n1cnc2c(NC(C)=O)ncnc21. The van der Waals surface area contributed by atoms with Crippen molar-refractivity contribution in [2.75, 3.05) is 53.1 Å². The van der Waals surface area contributed by atoms with E-state index in [1.165, 1.54) is 13.3 Å². The number of imidazole rings is 1. The molecule has 62 heavy (non-hydrogen) atoms. The Morgan fingerprint density at radius 3 is 2.06 bits per heavy atom. The van der Waals surface area contributed by atoms with Crippen molar-refractivity contribution in [1.82, 2.24) is 24.2 Å². The topological polar surface area (TPSA) is 174 Å². The van der Waals surface area contributed by atoms with Gasteiger partial charge in [0, 0.05) is 26.1 Å². The predicted molar refractivity (Wildman–Crippen MR) is 234 cm³/mol. The van der Waals surface area contributed by atoms with Crippen LogP contribution >= 0.6 is 8.53 Å². The molecule has 0 spiro atoms. The molecule has 3 heterocycles. The molecule has 17 heteroatoms. The Morgan fingerprint density at radius 2 is 1.50 bits per heavy atom. The smallest absolute Gasteiger partial charge is 0.259 e. The molecule has 1 fully saturated rings. The second kappa shape index (κ2) is 21.8. The zero-order valence-electron chi connectivity index (χ0n) is 36.5. The molecule has 5 aromatic rings. The molecule has 5 atom stereocenters. The van der Waals surface area contributed by atoms with Gasteiger partial charge in [0.15, 0.2) is 23.2 Å². The lowest BCUT2D eigenvalue weighted by atomic mass is 9.80. The van der Waals surface area contributed by atoms with Gasteiger partial charge < -0.3 is 42.8 Å². The van der Waals surface area contributed by atoms with Crippen molar-refractivity contribution >= 4 is 31.4 Å². The molecule has 16 nitrogen and oxygen atoms in total. The van der Waals surface area contributed by atoms with Crippen LogP contribution in [-0.4, -0.2) is 108 Å². The number of hydrogen-bond acceptors (Lipinski definition) is 14. The molecule has 330 valence electrons. The largest absolute Gasteiger partial charge is 0.497 e. The molecule has 1 N–H and O–H groups in total. The van der Waals surface area contributed by atoms with E-state index in [4.69, 9.17) is 37.5 Å². The molecule has 3 aromatic carbocycles. The molecule has 0 radical (unpaired) electrons. The summed E-state index contributed by atoms with van der Waals surface area (Å²) in [4.78, 5) is 25.6. The molecule has 0 saturated carbocycles. The van der Waals surface area contributed by atoms with Gasteiger partial charge >= 0.3 is 0 Å². The van der Waals surface area contributed by atoms with Crippen molar-refractivity contribution in [3.63, 3.8) is 0 Å². The first kappa shape index (κ1) is 46.4. The lowest BCUT2D eigenvalue weighted by Crippen LogP contribution is -2.43. The van der Waals surface area contributed by atoms with Crippen LogP contribution in [0.4, 0.5) is 5.82 Å². The van der Waals surface area contributed by atoms with E-state index >= 15 is 0 Å². The number of nitrogens with zero attached hydrogens (tertiary/aromatic N) is 6. The first-order chi connectivity index (χ1) is 30.1. The summed E-state index contributed by atoms with van der Waals surface area (Å²) in [5.74, 6) is 1.34. The highest BCUT2D eigenvalue weighted by molar-refractivity contribution is 7.44. The molecule has 2 aromatic heterocycles. The van der Waals surface area contributed by atoms with Gasteiger partial charge in [0.05, 0.1) is 59.5 Å². The molecule has 2 unspecified atom stereocenters. The minimum atomic E-state index is -1.80. The maximum absolute atomic E-state index is 12.1. The van der Waals surface area contributed by atoms with Gasteiger partial charge in [-0.3, -0.25) is 9.36 Å². The van der Waals surface area contributed by atoms with Gasteiger partial charge in [-0.2, -0.15) is 5.26 Å². The molecule has 0 bridgehead atoms. The molecule has 1 saturated heterocycles. The lowest BCUT2D eigenvalue weighted by Gasteiger charge is -2.39. The van der Waals surface area contributed by atoms with E-state index in [1.807, 2.05) is 78.9 Å². The van der Waals surface area contributed by atoms with Crippen LogP contribution in [-0.2, 0) is 38.4 Å². The van der Waals surface area contributed by atoms with E-state index in [1.54, 1.807) is 32.2 Å². The van der Waals surface area contributed by atoms with E-state index in [0.29, 0.717) is 29.3 Å². The number of nitriles is 1. The third-order valence-corrected chi connectivity index (χ3v) is 12.5. The standard InChI is InChI=1S/C45H56N7O9P/c1-30(2)52(31(3)4)62(59-24-12-23-46)61-40-38(60-44(41(40)57-26-25-54-6)51-29-49-39-42(50-32(5)53)47-28-48-43(39)51)27-58-45(33-13-10-9-11-14-33,34-15-19-36(55-7)20-16-34)35-17-21-37(56-8)22-18-35/h9-11,13-22,28-31,38,40-41,44H,12,24-27H2,1-8H3,(H,47,48,50,53)/t38-,40+,41?,44-,62?/m1/s1. The van der Waals surface area contributed by atoms with Crippen molar-refractivity contribution in [3.05, 3.63) is 108 Å². The number of methoxy groups -OCH3 is 3. The number of ether oxygens (including phenoxy) is 6. The summed E-state index contributed by atoms with van der Waals surface area (Å²) in [7, 11) is 3.07. The van der Waals surface area contributed by atoms with Crippen LogP contribution in [0.15, 0.2) is 91.5 Å². The van der Waals surface area contributed by atoms with Gasteiger partial charge in [0.1, 0.15) is 41.7 Å². The summed E-state index contributed by atoms with van der Waals surface area (Å²) in [5.41, 5.74) is 2.13. The van der Waals surface area contributed by atoms with E-state index in [2.05, 4.69) is 58.7 Å². The quantitative estimate of drug-likeness (QED) is 0.0414. The molecule has 0 aliphatic carbocycles. The van der Waals surface area contributed by atoms with Crippen molar-refractivity contribution < 1.29 is 42.3 Å². The predicted octanol–water partition coefficient (Wildman–Crippen LogP) is 7.40. The van der Waals surface area contributed by atoms with Crippen molar-refractivity contribution in [2.45, 2.75) is 83.3 Å². The number of anilines is 1. The number of rotatable bonds is 22. The second-order valence-electron chi connectivity index (χ2n) is 15.1. The molecule has 6 rings (SSSR count). The third kappa shape index (κ3) is 10.4. The average molecular weight is 870 g/mol. The molecule has 1 aliphatic rings. The van der Waals surface area contributed by atoms with Crippen LogP contribution in [0.5, 0.6) is 11.5 Å². The zero-order chi connectivity index (χ0) is 44.2. The number of carbonyl (C=O) groups excluding carboxylic acids is 1. The highest BCUT2D eigenvalue weighted by Crippen LogP contribution is 2.51. The molecule has 1 aliphatic heterocycles. The van der Waals surface area contributed by atoms with Crippen LogP contribution in [0, 0.1) is 11.3 Å². The van der Waals surface area contributed by atoms with Gasteiger partial charge in [0.25, 0.3) is 8.53 Å². The summed E-state index contributed by atoms with van der Waals surface area (Å²) in [5, 5.41) is 12.3. The summed E-state index contributed by atoms with van der Waals surface area (Å²) in [6.45, 7) is 10.4. The van der Waals surface area contributed by atoms with E-state index in [0.717, 1.165) is 16.7 Å². The fraction of sp³-hybridized carbons (Fsp3) is 0.444. The summed E-state index contributed by atoms with van der Waals surface area (Å²) in [6, 6.07) is 27.8. The van der Waals surface area contributed by atoms with Crippen molar-refractivity contribution in [3.8, 4) is 17.6 Å². The van der Waals surface area contributed by atoms with Crippen molar-refractivity contribution in [1.29, 1.82) is 5.26 Å². The average Bonchev–Trinajstić information content (AvgIpc) is 3.86. The Morgan fingerprint density at radius 1 is 0.871 bits per heavy atom. The number of aromatic nitrogens is 4. The van der Waals surface area contributed by atoms with Crippen molar-refractivity contribution in [2.24, 2.45) is 0 Å². The minimum absolute atomic E-state index is 0.0122. The fourth-order valence-electron chi connectivity index (χ4n) is 7.61. The van der Waals surface area contributed by atoms with E-state index in [-0.39, 0.29) is 50.1 Å². The number of hydrogen-bond donors (Lipinski definition) is 1. The number of nitrogens with one attached hydrogen (secondary N) is 1. The Bertz CT molecular complexity index is 2170. The number of fused-ring (bicyclic) bond motifs is 1. The van der Waals surface area contributed by atoms with Gasteiger partial charge in [-0.25, -0.2) is 19.6 Å². The Kier molecular flexibility index (Phi) is 16.3. The lowest BCUT2D eigenvalue weighted by molar-refractivity contribution is -0.114. The first-order valence-corrected chi connectivity index (χ1v) is 21.6. The number of carbonyl (C=O) groups is 1. The fourth-order valence-corrected chi connectivity index (χ4v) is 9.38. The van der Waals surface area contributed by atoms with E-state index in [9.17, 15) is 10.1 Å². The van der Waals surface area contributed by atoms with Crippen LogP contribution < -0.4 is 14.8 Å². The molecular weight excluding hydrogens is 814 g/mol. The molecule has 1 amide bonds. The van der Waals surface area contributed by atoms with Crippen LogP contribution in [0.3, 0.4) is 0 Å². The maximum Gasteiger partial charge on any atom is 0.259 e. The Labute approximate surface area is 364 Å². The number of benzene rings is 3. The van der Waals surface area contributed by atoms with Gasteiger partial charge in [-0.15, -0.1) is 0 Å². The van der Waals surface area contributed by atoms with Gasteiger partial charge in [-0.05, 0) is 68.7 Å². The number of amides is 1. The second-order valence-corrected chi connectivity index (χ2v) is 16.5. The maximum atomic E-state index is 12.1. The normalized spacial score (nSPS) is 18.4. The highest BCUT2D eigenvalue weighted by atomic mass is 31.2. The summed E-state index contributed by atoms with van der Waals surface area (Å²) in [6.07, 6.45) is -0.158. The van der Waals surface area contributed by atoms with Gasteiger partial charge in [-0.1, -0.05) is 54.6 Å². The van der Waals surface area contributed by atoms with E-state index < -0.39 is 38.7 Å².